The van der Waals surface area contributed by atoms with Gasteiger partial charge in [-0.15, -0.1) is 0 Å². The van der Waals surface area contributed by atoms with Gasteiger partial charge in [0.2, 0.25) is 0 Å². The molecule has 2 aromatic rings. The summed E-state index contributed by atoms with van der Waals surface area (Å²) in [4.78, 5) is 23.8. The van der Waals surface area contributed by atoms with Crippen LogP contribution in [-0.4, -0.2) is 36.2 Å². The second kappa shape index (κ2) is 12.9. The van der Waals surface area contributed by atoms with Crippen molar-refractivity contribution >= 4 is 17.8 Å². The molecule has 0 aliphatic heterocycles. The summed E-state index contributed by atoms with van der Waals surface area (Å²) in [5, 5.41) is 8.97. The lowest BCUT2D eigenvalue weighted by atomic mass is 10.1. The maximum absolute atomic E-state index is 12.8. The van der Waals surface area contributed by atoms with Crippen LogP contribution in [0.4, 0.5) is 0 Å². The molecule has 6 heteroatoms. The molecule has 0 radical (unpaired) electrons. The number of carboxylic acids is 1. The van der Waals surface area contributed by atoms with Gasteiger partial charge >= 0.3 is 5.97 Å². The molecule has 2 aromatic carbocycles. The summed E-state index contributed by atoms with van der Waals surface area (Å²) in [6.45, 7) is 7.72. The first-order valence-electron chi connectivity index (χ1n) is 10.6. The number of hydrogen-bond donors (Lipinski definition) is 1. The van der Waals surface area contributed by atoms with E-state index in [1.165, 1.54) is 17.7 Å². The summed E-state index contributed by atoms with van der Waals surface area (Å²) in [5.74, 6) is -0.0784. The molecule has 0 fully saturated rings. The topological polar surface area (TPSA) is 82.1 Å². The maximum atomic E-state index is 12.8. The first-order valence-corrected chi connectivity index (χ1v) is 10.6. The fraction of sp³-hybridized carbons (Fsp3) is 0.259. The van der Waals surface area contributed by atoms with Gasteiger partial charge in [-0.1, -0.05) is 29.9 Å². The standard InChI is InChI=1S/C27H30O6/c1-5-6-20(4)33-23-12-13-24(26(17-23)32-18-27(29)30)25(28)14-9-21-7-10-22(11-8-21)31-16-15-19(2)3/h5-15,17,20H,16,18H2,1-4H3,(H,29,30). The molecule has 33 heavy (non-hydrogen) atoms. The smallest absolute Gasteiger partial charge is 0.341 e. The van der Waals surface area contributed by atoms with Crippen LogP contribution in [0.3, 0.4) is 0 Å². The van der Waals surface area contributed by atoms with E-state index >= 15 is 0 Å². The number of carbonyl (C=O) groups is 2. The highest BCUT2D eigenvalue weighted by molar-refractivity contribution is 6.08. The number of allylic oxidation sites excluding steroid dienone is 3. The molecule has 6 nitrogen and oxygen atoms in total. The van der Waals surface area contributed by atoms with Gasteiger partial charge in [-0.05, 0) is 75.8 Å². The third kappa shape index (κ3) is 9.07. The van der Waals surface area contributed by atoms with E-state index in [0.29, 0.717) is 12.4 Å². The number of carboxylic acid groups (broad SMARTS) is 1. The highest BCUT2D eigenvalue weighted by Gasteiger charge is 2.14. The summed E-state index contributed by atoms with van der Waals surface area (Å²) >= 11 is 0. The van der Waals surface area contributed by atoms with Crippen molar-refractivity contribution in [3.8, 4) is 17.2 Å². The van der Waals surface area contributed by atoms with E-state index in [-0.39, 0.29) is 23.2 Å². The molecule has 1 unspecified atom stereocenters. The van der Waals surface area contributed by atoms with Crippen molar-refractivity contribution in [1.82, 2.24) is 0 Å². The minimum Gasteiger partial charge on any atom is -0.490 e. The van der Waals surface area contributed by atoms with Crippen LogP contribution in [0.1, 0.15) is 43.6 Å². The first-order chi connectivity index (χ1) is 15.8. The van der Waals surface area contributed by atoms with E-state index in [0.717, 1.165) is 11.3 Å². The van der Waals surface area contributed by atoms with Gasteiger partial charge in [0.25, 0.3) is 0 Å². The van der Waals surface area contributed by atoms with Crippen molar-refractivity contribution in [2.75, 3.05) is 13.2 Å². The summed E-state index contributed by atoms with van der Waals surface area (Å²) < 4.78 is 16.7. The molecule has 0 amide bonds. The summed E-state index contributed by atoms with van der Waals surface area (Å²) in [7, 11) is 0. The Morgan fingerprint density at radius 3 is 2.36 bits per heavy atom. The molecule has 0 aliphatic rings. The molecule has 0 aromatic heterocycles. The number of hydrogen-bond acceptors (Lipinski definition) is 5. The van der Waals surface area contributed by atoms with E-state index in [4.69, 9.17) is 19.3 Å². The van der Waals surface area contributed by atoms with Crippen LogP contribution in [-0.2, 0) is 4.79 Å². The fourth-order valence-corrected chi connectivity index (χ4v) is 2.80. The molecule has 0 aliphatic carbocycles. The number of ketones is 1. The zero-order valence-corrected chi connectivity index (χ0v) is 19.4. The van der Waals surface area contributed by atoms with Gasteiger partial charge in [0.1, 0.15) is 30.0 Å². The Morgan fingerprint density at radius 1 is 1.03 bits per heavy atom. The predicted octanol–water partition coefficient (Wildman–Crippen LogP) is 5.73. The average molecular weight is 451 g/mol. The zero-order chi connectivity index (χ0) is 24.2. The Morgan fingerprint density at radius 2 is 1.73 bits per heavy atom. The number of ether oxygens (including phenoxy) is 3. The molecule has 0 saturated heterocycles. The van der Waals surface area contributed by atoms with Crippen LogP contribution >= 0.6 is 0 Å². The highest BCUT2D eigenvalue weighted by atomic mass is 16.5. The molecule has 0 bridgehead atoms. The third-order valence-electron chi connectivity index (χ3n) is 4.40. The van der Waals surface area contributed by atoms with Crippen LogP contribution < -0.4 is 14.2 Å². The molecule has 0 saturated carbocycles. The summed E-state index contributed by atoms with van der Waals surface area (Å²) in [5.41, 5.74) is 2.26. The minimum absolute atomic E-state index is 0.153. The number of rotatable bonds is 12. The largest absolute Gasteiger partial charge is 0.490 e. The van der Waals surface area contributed by atoms with Crippen LogP contribution in [0.15, 0.2) is 72.3 Å². The van der Waals surface area contributed by atoms with Gasteiger partial charge in [0.05, 0.1) is 5.56 Å². The van der Waals surface area contributed by atoms with E-state index in [9.17, 15) is 9.59 Å². The monoisotopic (exact) mass is 450 g/mol. The Hall–Kier alpha value is -3.80. The second-order valence-electron chi connectivity index (χ2n) is 7.55. The predicted molar refractivity (Wildman–Crippen MR) is 129 cm³/mol. The van der Waals surface area contributed by atoms with E-state index in [2.05, 4.69) is 0 Å². The van der Waals surface area contributed by atoms with Crippen molar-refractivity contribution in [3.63, 3.8) is 0 Å². The normalized spacial score (nSPS) is 11.9. The quantitative estimate of drug-likeness (QED) is 0.252. The van der Waals surface area contributed by atoms with Crippen LogP contribution in [0.2, 0.25) is 0 Å². The lowest BCUT2D eigenvalue weighted by molar-refractivity contribution is -0.139. The zero-order valence-electron chi connectivity index (χ0n) is 19.4. The number of benzene rings is 2. The minimum atomic E-state index is -1.13. The van der Waals surface area contributed by atoms with Crippen molar-refractivity contribution in [2.24, 2.45) is 0 Å². The van der Waals surface area contributed by atoms with Crippen molar-refractivity contribution in [3.05, 3.63) is 83.5 Å². The van der Waals surface area contributed by atoms with Gasteiger partial charge in [0.15, 0.2) is 12.4 Å². The Labute approximate surface area is 194 Å². The number of aliphatic carboxylic acids is 1. The molecule has 1 atom stereocenters. The molecule has 1 N–H and O–H groups in total. The molecular weight excluding hydrogens is 420 g/mol. The van der Waals surface area contributed by atoms with Crippen molar-refractivity contribution < 1.29 is 28.9 Å². The van der Waals surface area contributed by atoms with Crippen LogP contribution in [0.5, 0.6) is 17.2 Å². The van der Waals surface area contributed by atoms with Crippen LogP contribution in [0.25, 0.3) is 6.08 Å². The van der Waals surface area contributed by atoms with E-state index in [1.54, 1.807) is 18.2 Å². The molecular formula is C27H30O6. The molecule has 0 heterocycles. The van der Waals surface area contributed by atoms with Crippen LogP contribution in [0, 0.1) is 0 Å². The van der Waals surface area contributed by atoms with Gasteiger partial charge < -0.3 is 19.3 Å². The van der Waals surface area contributed by atoms with E-state index < -0.39 is 12.6 Å². The van der Waals surface area contributed by atoms with Crippen molar-refractivity contribution in [1.29, 1.82) is 0 Å². The summed E-state index contributed by atoms with van der Waals surface area (Å²) in [6, 6.07) is 12.1. The number of carbonyl (C=O) groups excluding carboxylic acids is 1. The van der Waals surface area contributed by atoms with Gasteiger partial charge in [0, 0.05) is 6.07 Å². The first kappa shape index (κ1) is 25.5. The summed E-state index contributed by atoms with van der Waals surface area (Å²) in [6.07, 6.45) is 8.66. The lowest BCUT2D eigenvalue weighted by Crippen LogP contribution is -2.13. The second-order valence-corrected chi connectivity index (χ2v) is 7.55. The third-order valence-corrected chi connectivity index (χ3v) is 4.40. The Kier molecular flexibility index (Phi) is 9.96. The molecule has 174 valence electrons. The van der Waals surface area contributed by atoms with Crippen molar-refractivity contribution in [2.45, 2.75) is 33.8 Å². The SMILES string of the molecule is CC=CC(C)Oc1ccc(C(=O)C=Cc2ccc(OCC=C(C)C)cc2)c(OCC(=O)O)c1. The van der Waals surface area contributed by atoms with Gasteiger partial charge in [-0.2, -0.15) is 0 Å². The van der Waals surface area contributed by atoms with Gasteiger partial charge in [-0.25, -0.2) is 4.79 Å². The van der Waals surface area contributed by atoms with Gasteiger partial charge in [-0.3, -0.25) is 4.79 Å². The highest BCUT2D eigenvalue weighted by Crippen LogP contribution is 2.27. The Bertz CT molecular complexity index is 1030. The maximum Gasteiger partial charge on any atom is 0.341 e. The lowest BCUT2D eigenvalue weighted by Gasteiger charge is -2.14. The average Bonchev–Trinajstić information content (AvgIpc) is 2.77. The van der Waals surface area contributed by atoms with E-state index in [1.807, 2.05) is 70.2 Å². The Balaban J connectivity index is 2.15. The fourth-order valence-electron chi connectivity index (χ4n) is 2.80. The molecule has 0 spiro atoms. The molecule has 2 rings (SSSR count).